The van der Waals surface area contributed by atoms with E-state index >= 15 is 0 Å². The van der Waals surface area contributed by atoms with Crippen molar-refractivity contribution in [1.82, 2.24) is 0 Å². The summed E-state index contributed by atoms with van der Waals surface area (Å²) in [6, 6.07) is 10.1. The van der Waals surface area contributed by atoms with Gasteiger partial charge < -0.3 is 14.0 Å². The van der Waals surface area contributed by atoms with Gasteiger partial charge in [0, 0.05) is 11.8 Å². The molecule has 0 radical (unpaired) electrons. The maximum absolute atomic E-state index is 8.82. The molecule has 1 N–H and O–H groups in total. The zero-order valence-electron chi connectivity index (χ0n) is 13.0. The molecule has 2 aromatic heterocycles. The highest BCUT2D eigenvalue weighted by Crippen LogP contribution is 2.37. The minimum atomic E-state index is 0.641. The second-order valence-corrected chi connectivity index (χ2v) is 5.65. The third kappa shape index (κ3) is 2.64. The van der Waals surface area contributed by atoms with Crippen LogP contribution < -0.4 is 0 Å². The minimum absolute atomic E-state index is 0.641. The molecule has 1 aromatic carbocycles. The summed E-state index contributed by atoms with van der Waals surface area (Å²) < 4.78 is 11.8. The molecule has 0 fully saturated rings. The Morgan fingerprint density at radius 2 is 1.95 bits per heavy atom. The van der Waals surface area contributed by atoms with Gasteiger partial charge in [0.05, 0.1) is 11.3 Å². The van der Waals surface area contributed by atoms with Crippen molar-refractivity contribution in [1.29, 1.82) is 0 Å². The monoisotopic (exact) mass is 297 g/mol. The minimum Gasteiger partial charge on any atom is -0.461 e. The fourth-order valence-corrected chi connectivity index (χ4v) is 2.62. The van der Waals surface area contributed by atoms with Crippen LogP contribution >= 0.6 is 0 Å². The Balaban J connectivity index is 2.13. The maximum atomic E-state index is 8.82. The average molecular weight is 297 g/mol. The molecule has 0 bridgehead atoms. The molecule has 2 heterocycles. The number of hydrogen-bond acceptors (Lipinski definition) is 4. The van der Waals surface area contributed by atoms with Gasteiger partial charge in [-0.1, -0.05) is 16.8 Å². The normalized spacial score (nSPS) is 12.2. The Morgan fingerprint density at radius 1 is 1.14 bits per heavy atom. The van der Waals surface area contributed by atoms with Crippen molar-refractivity contribution in [2.45, 2.75) is 33.6 Å². The lowest BCUT2D eigenvalue weighted by atomic mass is 10.0. The topological polar surface area (TPSA) is 58.9 Å². The summed E-state index contributed by atoms with van der Waals surface area (Å²) in [5.41, 5.74) is 3.71. The highest BCUT2D eigenvalue weighted by molar-refractivity contribution is 5.95. The molecule has 0 atom stereocenters. The zero-order valence-corrected chi connectivity index (χ0v) is 13.0. The summed E-state index contributed by atoms with van der Waals surface area (Å²) in [5.74, 6) is 2.55. The lowest BCUT2D eigenvalue weighted by Gasteiger charge is -2.01. The van der Waals surface area contributed by atoms with E-state index in [1.165, 1.54) is 5.56 Å². The molecule has 3 aromatic rings. The number of aryl methyl sites for hydroxylation is 3. The molecule has 0 saturated heterocycles. The summed E-state index contributed by atoms with van der Waals surface area (Å²) in [6.07, 6.45) is 1.31. The van der Waals surface area contributed by atoms with Gasteiger partial charge in [-0.05, 0) is 51.5 Å². The molecule has 4 heteroatoms. The molecule has 0 aliphatic heterocycles. The summed E-state index contributed by atoms with van der Waals surface area (Å²) in [7, 11) is 0. The summed E-state index contributed by atoms with van der Waals surface area (Å²) in [6.45, 7) is 5.79. The van der Waals surface area contributed by atoms with Gasteiger partial charge in [-0.3, -0.25) is 0 Å². The van der Waals surface area contributed by atoms with Crippen molar-refractivity contribution in [3.63, 3.8) is 0 Å². The molecule has 0 unspecified atom stereocenters. The van der Waals surface area contributed by atoms with Crippen LogP contribution in [0.3, 0.4) is 0 Å². The first kappa shape index (κ1) is 14.4. The van der Waals surface area contributed by atoms with Crippen molar-refractivity contribution in [2.75, 3.05) is 0 Å². The predicted molar refractivity (Wildman–Crippen MR) is 86.6 cm³/mol. The van der Waals surface area contributed by atoms with Crippen molar-refractivity contribution in [2.24, 2.45) is 5.16 Å². The average Bonchev–Trinajstić information content (AvgIpc) is 3.07. The number of rotatable bonds is 4. The van der Waals surface area contributed by atoms with Gasteiger partial charge in [-0.15, -0.1) is 0 Å². The SMILES string of the molecule is C/C(CCc1oc2ccc(C)cc2c1-c1ccc(C)o1)=N/O. The van der Waals surface area contributed by atoms with E-state index in [0.717, 1.165) is 33.8 Å². The van der Waals surface area contributed by atoms with Gasteiger partial charge in [-0.2, -0.15) is 0 Å². The van der Waals surface area contributed by atoms with Crippen LogP contribution in [0.5, 0.6) is 0 Å². The van der Waals surface area contributed by atoms with Crippen LogP contribution in [0.15, 0.2) is 44.3 Å². The number of fused-ring (bicyclic) bond motifs is 1. The van der Waals surface area contributed by atoms with Crippen LogP contribution in [0.4, 0.5) is 0 Å². The first-order chi connectivity index (χ1) is 10.6. The van der Waals surface area contributed by atoms with E-state index in [2.05, 4.69) is 18.1 Å². The quantitative estimate of drug-likeness (QED) is 0.414. The van der Waals surface area contributed by atoms with Gasteiger partial charge in [0.1, 0.15) is 22.9 Å². The van der Waals surface area contributed by atoms with E-state index in [-0.39, 0.29) is 0 Å². The Bertz CT molecular complexity index is 839. The predicted octanol–water partition coefficient (Wildman–Crippen LogP) is 5.09. The largest absolute Gasteiger partial charge is 0.461 e. The van der Waals surface area contributed by atoms with Crippen LogP contribution in [0.1, 0.15) is 30.4 Å². The molecule has 0 aliphatic carbocycles. The number of benzene rings is 1. The van der Waals surface area contributed by atoms with Crippen molar-refractivity contribution < 1.29 is 14.0 Å². The highest BCUT2D eigenvalue weighted by Gasteiger charge is 2.18. The van der Waals surface area contributed by atoms with Gasteiger partial charge in [0.25, 0.3) is 0 Å². The molecular weight excluding hydrogens is 278 g/mol. The zero-order chi connectivity index (χ0) is 15.7. The summed E-state index contributed by atoms with van der Waals surface area (Å²) >= 11 is 0. The second-order valence-electron chi connectivity index (χ2n) is 5.65. The van der Waals surface area contributed by atoms with Crippen LogP contribution in [0, 0.1) is 13.8 Å². The Morgan fingerprint density at radius 3 is 2.64 bits per heavy atom. The van der Waals surface area contributed by atoms with Crippen LogP contribution in [-0.2, 0) is 6.42 Å². The van der Waals surface area contributed by atoms with Gasteiger partial charge in [-0.25, -0.2) is 0 Å². The first-order valence-corrected chi connectivity index (χ1v) is 7.35. The Labute approximate surface area is 129 Å². The van der Waals surface area contributed by atoms with Crippen LogP contribution in [-0.4, -0.2) is 10.9 Å². The van der Waals surface area contributed by atoms with E-state index in [1.807, 2.05) is 31.2 Å². The maximum Gasteiger partial charge on any atom is 0.138 e. The first-order valence-electron chi connectivity index (χ1n) is 7.35. The summed E-state index contributed by atoms with van der Waals surface area (Å²) in [4.78, 5) is 0. The smallest absolute Gasteiger partial charge is 0.138 e. The molecule has 0 amide bonds. The molecular formula is C18H19NO3. The van der Waals surface area contributed by atoms with Crippen molar-refractivity contribution >= 4 is 16.7 Å². The number of furan rings is 2. The number of hydrogen-bond donors (Lipinski definition) is 1. The fraction of sp³-hybridized carbons (Fsp3) is 0.278. The third-order valence-corrected chi connectivity index (χ3v) is 3.79. The third-order valence-electron chi connectivity index (χ3n) is 3.79. The highest BCUT2D eigenvalue weighted by atomic mass is 16.4. The van der Waals surface area contributed by atoms with Crippen molar-refractivity contribution in [3.8, 4) is 11.3 Å². The van der Waals surface area contributed by atoms with E-state index < -0.39 is 0 Å². The van der Waals surface area contributed by atoms with E-state index in [0.29, 0.717) is 18.6 Å². The van der Waals surface area contributed by atoms with Gasteiger partial charge >= 0.3 is 0 Å². The molecule has 4 nitrogen and oxygen atoms in total. The molecule has 114 valence electrons. The van der Waals surface area contributed by atoms with E-state index in [9.17, 15) is 0 Å². The second kappa shape index (κ2) is 5.72. The molecule has 3 rings (SSSR count). The lowest BCUT2D eigenvalue weighted by Crippen LogP contribution is -1.95. The summed E-state index contributed by atoms with van der Waals surface area (Å²) in [5, 5.41) is 13.1. The standard InChI is InChI=1S/C18H19NO3/c1-11-4-7-15-14(10-11)18(16-9-6-13(3)21-16)17(22-15)8-5-12(2)19-20/h4,6-7,9-10,20H,5,8H2,1-3H3/b19-12-. The van der Waals surface area contributed by atoms with Crippen LogP contribution in [0.25, 0.3) is 22.3 Å². The molecule has 0 aliphatic rings. The van der Waals surface area contributed by atoms with E-state index in [1.54, 1.807) is 6.92 Å². The number of nitrogens with zero attached hydrogens (tertiary/aromatic N) is 1. The molecule has 0 spiro atoms. The molecule has 22 heavy (non-hydrogen) atoms. The lowest BCUT2D eigenvalue weighted by molar-refractivity contribution is 0.317. The van der Waals surface area contributed by atoms with Crippen LogP contribution in [0.2, 0.25) is 0 Å². The molecule has 0 saturated carbocycles. The Kier molecular flexibility index (Phi) is 3.75. The van der Waals surface area contributed by atoms with Crippen molar-refractivity contribution in [3.05, 3.63) is 47.4 Å². The van der Waals surface area contributed by atoms with Gasteiger partial charge in [0.15, 0.2) is 0 Å². The Hall–Kier alpha value is -2.49. The van der Waals surface area contributed by atoms with Gasteiger partial charge in [0.2, 0.25) is 0 Å². The number of oxime groups is 1. The fourth-order valence-electron chi connectivity index (χ4n) is 2.62. The van der Waals surface area contributed by atoms with E-state index in [4.69, 9.17) is 14.0 Å².